The highest BCUT2D eigenvalue weighted by atomic mass is 16.2. The number of hydrogen-bond acceptors (Lipinski definition) is 4. The first-order valence-corrected chi connectivity index (χ1v) is 8.32. The van der Waals surface area contributed by atoms with E-state index in [0.717, 1.165) is 0 Å². The number of benzene rings is 2. The molecular weight excluding hydrogens is 330 g/mol. The van der Waals surface area contributed by atoms with Crippen molar-refractivity contribution in [2.75, 3.05) is 5.32 Å². The molecule has 132 valence electrons. The zero-order valence-corrected chi connectivity index (χ0v) is 14.8. The topological polar surface area (TPSA) is 81.1 Å². The number of hydrogen-bond donors (Lipinski definition) is 1. The molecule has 6 heteroatoms. The van der Waals surface area contributed by atoms with Crippen molar-refractivity contribution in [2.45, 2.75) is 26.8 Å². The molecule has 0 fully saturated rings. The maximum atomic E-state index is 12.8. The average Bonchev–Trinajstić information content (AvgIpc) is 2.62. The predicted octanol–water partition coefficient (Wildman–Crippen LogP) is 3.43. The van der Waals surface area contributed by atoms with Crippen molar-refractivity contribution in [3.05, 3.63) is 70.1 Å². The summed E-state index contributed by atoms with van der Waals surface area (Å²) >= 11 is 0. The first-order valence-electron chi connectivity index (χ1n) is 8.32. The van der Waals surface area contributed by atoms with E-state index in [4.69, 9.17) is 0 Å². The minimum Gasteiger partial charge on any atom is -0.321 e. The summed E-state index contributed by atoms with van der Waals surface area (Å²) in [5, 5.41) is 7.98. The fourth-order valence-electron chi connectivity index (χ4n) is 2.73. The lowest BCUT2D eigenvalue weighted by atomic mass is 10.1. The summed E-state index contributed by atoms with van der Waals surface area (Å²) in [5.74, 6) is -0.519. The van der Waals surface area contributed by atoms with E-state index in [1.165, 1.54) is 11.6 Å². The largest absolute Gasteiger partial charge is 0.321 e. The Balaban J connectivity index is 2.08. The molecule has 0 aliphatic rings. The fraction of sp³-hybridized carbons (Fsp3) is 0.200. The monoisotopic (exact) mass is 349 g/mol. The normalized spacial score (nSPS) is 10.9. The van der Waals surface area contributed by atoms with Crippen LogP contribution in [0.1, 0.15) is 47.7 Å². The Morgan fingerprint density at radius 1 is 1.04 bits per heavy atom. The van der Waals surface area contributed by atoms with Gasteiger partial charge in [0.1, 0.15) is 0 Å². The van der Waals surface area contributed by atoms with Gasteiger partial charge in [-0.25, -0.2) is 4.68 Å². The molecule has 3 aromatic rings. The number of amides is 1. The number of carbonyl (C=O) groups is 2. The molecule has 0 spiro atoms. The maximum absolute atomic E-state index is 12.8. The minimum absolute atomic E-state index is 0.0852. The fourth-order valence-corrected chi connectivity index (χ4v) is 2.73. The molecular formula is C20H19N3O3. The first-order chi connectivity index (χ1) is 12.4. The summed E-state index contributed by atoms with van der Waals surface area (Å²) in [7, 11) is 0. The van der Waals surface area contributed by atoms with Crippen LogP contribution in [-0.4, -0.2) is 21.5 Å². The van der Waals surface area contributed by atoms with Gasteiger partial charge in [-0.2, -0.15) is 5.10 Å². The summed E-state index contributed by atoms with van der Waals surface area (Å²) < 4.78 is 1.31. The molecule has 0 aliphatic carbocycles. The molecule has 0 atom stereocenters. The van der Waals surface area contributed by atoms with Gasteiger partial charge in [0.05, 0.1) is 11.4 Å². The average molecular weight is 349 g/mol. The Morgan fingerprint density at radius 2 is 1.73 bits per heavy atom. The van der Waals surface area contributed by atoms with Gasteiger partial charge in [-0.1, -0.05) is 30.3 Å². The van der Waals surface area contributed by atoms with Crippen molar-refractivity contribution < 1.29 is 9.59 Å². The molecule has 1 aromatic heterocycles. The molecule has 0 radical (unpaired) electrons. The van der Waals surface area contributed by atoms with Crippen LogP contribution in [0.2, 0.25) is 0 Å². The standard InChI is InChI=1S/C20H19N3O3/c1-12(2)23-20(26)17-10-5-4-9-16(17)18(22-23)19(25)21-15-8-6-7-14(11-15)13(3)24/h4-12H,1-3H3,(H,21,25). The third kappa shape index (κ3) is 3.26. The van der Waals surface area contributed by atoms with E-state index in [1.54, 1.807) is 48.5 Å². The molecule has 1 N–H and O–H groups in total. The molecule has 6 nitrogen and oxygen atoms in total. The van der Waals surface area contributed by atoms with E-state index in [1.807, 2.05) is 13.8 Å². The molecule has 1 amide bonds. The number of aromatic nitrogens is 2. The van der Waals surface area contributed by atoms with Crippen LogP contribution in [0.3, 0.4) is 0 Å². The lowest BCUT2D eigenvalue weighted by Gasteiger charge is -2.13. The van der Waals surface area contributed by atoms with Crippen LogP contribution >= 0.6 is 0 Å². The van der Waals surface area contributed by atoms with Crippen molar-refractivity contribution in [3.8, 4) is 0 Å². The first kappa shape index (κ1) is 17.5. The van der Waals surface area contributed by atoms with Crippen molar-refractivity contribution in [1.29, 1.82) is 0 Å². The molecule has 0 saturated carbocycles. The predicted molar refractivity (Wildman–Crippen MR) is 101 cm³/mol. The number of ketones is 1. The molecule has 0 aliphatic heterocycles. The zero-order valence-electron chi connectivity index (χ0n) is 14.8. The molecule has 0 bridgehead atoms. The van der Waals surface area contributed by atoms with Crippen LogP contribution < -0.4 is 10.9 Å². The Hall–Kier alpha value is -3.28. The van der Waals surface area contributed by atoms with Crippen LogP contribution in [0, 0.1) is 0 Å². The van der Waals surface area contributed by atoms with Gasteiger partial charge in [-0.15, -0.1) is 0 Å². The van der Waals surface area contributed by atoms with Crippen molar-refractivity contribution in [2.24, 2.45) is 0 Å². The minimum atomic E-state index is -0.434. The van der Waals surface area contributed by atoms with Crippen LogP contribution in [0.15, 0.2) is 53.3 Å². The summed E-state index contributed by atoms with van der Waals surface area (Å²) in [6, 6.07) is 13.4. The number of nitrogens with zero attached hydrogens (tertiary/aromatic N) is 2. The number of rotatable bonds is 4. The highest BCUT2D eigenvalue weighted by Crippen LogP contribution is 2.17. The third-order valence-corrected chi connectivity index (χ3v) is 4.06. The Kier molecular flexibility index (Phi) is 4.67. The molecule has 1 heterocycles. The van der Waals surface area contributed by atoms with Gasteiger partial charge >= 0.3 is 0 Å². The van der Waals surface area contributed by atoms with Gasteiger partial charge in [0.2, 0.25) is 0 Å². The summed E-state index contributed by atoms with van der Waals surface area (Å²) in [5.41, 5.74) is 0.941. The van der Waals surface area contributed by atoms with Crippen LogP contribution in [0.5, 0.6) is 0 Å². The second-order valence-corrected chi connectivity index (χ2v) is 6.33. The highest BCUT2D eigenvalue weighted by Gasteiger charge is 2.18. The Labute approximate surface area is 150 Å². The maximum Gasteiger partial charge on any atom is 0.276 e. The van der Waals surface area contributed by atoms with Crippen molar-refractivity contribution in [3.63, 3.8) is 0 Å². The van der Waals surface area contributed by atoms with Gasteiger partial charge in [0.15, 0.2) is 11.5 Å². The van der Waals surface area contributed by atoms with E-state index in [2.05, 4.69) is 10.4 Å². The summed E-state index contributed by atoms with van der Waals surface area (Å²) in [4.78, 5) is 36.9. The van der Waals surface area contributed by atoms with Gasteiger partial charge in [0.25, 0.3) is 11.5 Å². The summed E-state index contributed by atoms with van der Waals surface area (Å²) in [6.45, 7) is 5.14. The molecule has 0 unspecified atom stereocenters. The van der Waals surface area contributed by atoms with Gasteiger partial charge in [-0.3, -0.25) is 14.4 Å². The van der Waals surface area contributed by atoms with E-state index >= 15 is 0 Å². The Bertz CT molecular complexity index is 1070. The van der Waals surface area contributed by atoms with E-state index < -0.39 is 5.91 Å². The van der Waals surface area contributed by atoms with Crippen LogP contribution in [0.25, 0.3) is 10.8 Å². The van der Waals surface area contributed by atoms with Crippen molar-refractivity contribution in [1.82, 2.24) is 9.78 Å². The number of carbonyl (C=O) groups excluding carboxylic acids is 2. The van der Waals surface area contributed by atoms with E-state index in [9.17, 15) is 14.4 Å². The number of fused-ring (bicyclic) bond motifs is 1. The van der Waals surface area contributed by atoms with Gasteiger partial charge in [-0.05, 0) is 39.0 Å². The number of anilines is 1. The lowest BCUT2D eigenvalue weighted by Crippen LogP contribution is -2.28. The third-order valence-electron chi connectivity index (χ3n) is 4.06. The molecule has 0 saturated heterocycles. The number of nitrogens with one attached hydrogen (secondary N) is 1. The highest BCUT2D eigenvalue weighted by molar-refractivity contribution is 6.11. The molecule has 26 heavy (non-hydrogen) atoms. The van der Waals surface area contributed by atoms with E-state index in [-0.39, 0.29) is 23.1 Å². The van der Waals surface area contributed by atoms with Crippen LogP contribution in [-0.2, 0) is 0 Å². The quantitative estimate of drug-likeness (QED) is 0.732. The molecule has 3 rings (SSSR count). The number of Topliss-reactive ketones (excluding diaryl/α,β-unsaturated/α-hetero) is 1. The Morgan fingerprint density at radius 3 is 2.38 bits per heavy atom. The smallest absolute Gasteiger partial charge is 0.276 e. The van der Waals surface area contributed by atoms with E-state index in [0.29, 0.717) is 22.0 Å². The van der Waals surface area contributed by atoms with Crippen molar-refractivity contribution >= 4 is 28.2 Å². The SMILES string of the molecule is CC(=O)c1cccc(NC(=O)c2nn(C(C)C)c(=O)c3ccccc23)c1. The lowest BCUT2D eigenvalue weighted by molar-refractivity contribution is 0.100. The summed E-state index contributed by atoms with van der Waals surface area (Å²) in [6.07, 6.45) is 0. The zero-order chi connectivity index (χ0) is 18.8. The second kappa shape index (κ2) is 6.92. The van der Waals surface area contributed by atoms with Gasteiger partial charge < -0.3 is 5.32 Å². The molecule has 2 aromatic carbocycles. The second-order valence-electron chi connectivity index (χ2n) is 6.33. The van der Waals surface area contributed by atoms with Gasteiger partial charge in [0, 0.05) is 16.6 Å². The van der Waals surface area contributed by atoms with Crippen LogP contribution in [0.4, 0.5) is 5.69 Å².